The van der Waals surface area contributed by atoms with E-state index in [0.717, 1.165) is 5.01 Å². The molecule has 1 fully saturated rings. The van der Waals surface area contributed by atoms with Gasteiger partial charge in [0.1, 0.15) is 0 Å². The van der Waals surface area contributed by atoms with Crippen LogP contribution < -0.4 is 16.3 Å². The average Bonchev–Trinajstić information content (AvgIpc) is 3.17. The van der Waals surface area contributed by atoms with E-state index in [0.29, 0.717) is 11.1 Å². The number of ether oxygens (including phenoxy) is 1. The minimum atomic E-state index is -0.824. The van der Waals surface area contributed by atoms with Crippen LogP contribution in [-0.2, 0) is 19.1 Å². The van der Waals surface area contributed by atoms with Crippen LogP contribution in [0.25, 0.3) is 0 Å². The lowest BCUT2D eigenvalue weighted by Gasteiger charge is -2.17. The largest absolute Gasteiger partial charge is 0.455 e. The molecule has 1 atom stereocenters. The van der Waals surface area contributed by atoms with E-state index in [1.54, 1.807) is 60.7 Å². The number of hydrazine groups is 2. The molecule has 0 bridgehead atoms. The van der Waals surface area contributed by atoms with Crippen molar-refractivity contribution in [1.29, 1.82) is 0 Å². The number of esters is 1. The van der Waals surface area contributed by atoms with E-state index in [4.69, 9.17) is 4.74 Å². The molecule has 1 heterocycles. The highest BCUT2D eigenvalue weighted by molar-refractivity contribution is 5.97. The highest BCUT2D eigenvalue weighted by Gasteiger charge is 2.36. The van der Waals surface area contributed by atoms with Crippen molar-refractivity contribution in [3.63, 3.8) is 0 Å². The van der Waals surface area contributed by atoms with Crippen molar-refractivity contribution in [2.45, 2.75) is 6.42 Å². The van der Waals surface area contributed by atoms with Gasteiger partial charge in [-0.2, -0.15) is 0 Å². The number of rotatable bonds is 6. The Morgan fingerprint density at radius 3 is 2.06 bits per heavy atom. The number of nitrogens with zero attached hydrogens (tertiary/aromatic N) is 1. The molecule has 1 saturated heterocycles. The van der Waals surface area contributed by atoms with Crippen LogP contribution in [0.15, 0.2) is 60.7 Å². The summed E-state index contributed by atoms with van der Waals surface area (Å²) in [5.41, 5.74) is 7.52. The first kappa shape index (κ1) is 21.5. The second-order valence-electron chi connectivity index (χ2n) is 6.69. The molecule has 1 aliphatic heterocycles. The molecule has 0 aliphatic carbocycles. The molecule has 10 heteroatoms. The van der Waals surface area contributed by atoms with Gasteiger partial charge in [-0.15, -0.1) is 0 Å². The van der Waals surface area contributed by atoms with Gasteiger partial charge in [-0.3, -0.25) is 45.3 Å². The Balaban J connectivity index is 1.41. The minimum Gasteiger partial charge on any atom is -0.455 e. The smallest absolute Gasteiger partial charge is 0.311 e. The normalized spacial score (nSPS) is 15.2. The molecule has 3 rings (SSSR count). The summed E-state index contributed by atoms with van der Waals surface area (Å²) in [5.74, 6) is -3.76. The topological polar surface area (TPSA) is 134 Å². The van der Waals surface area contributed by atoms with Crippen LogP contribution in [0, 0.1) is 5.92 Å². The molecule has 0 radical (unpaired) electrons. The molecule has 0 unspecified atom stereocenters. The quantitative estimate of drug-likeness (QED) is 0.448. The molecule has 0 saturated carbocycles. The van der Waals surface area contributed by atoms with Crippen LogP contribution in [0.1, 0.15) is 27.1 Å². The molecular formula is C21H20N4O6. The molecule has 10 nitrogen and oxygen atoms in total. The third kappa shape index (κ3) is 5.89. The zero-order valence-corrected chi connectivity index (χ0v) is 16.4. The zero-order chi connectivity index (χ0) is 22.2. The van der Waals surface area contributed by atoms with Gasteiger partial charge in [0, 0.05) is 17.5 Å². The highest BCUT2D eigenvalue weighted by atomic mass is 16.5. The summed E-state index contributed by atoms with van der Waals surface area (Å²) < 4.78 is 4.92. The minimum absolute atomic E-state index is 0.0669. The fraction of sp³-hybridized carbons (Fsp3) is 0.190. The Labute approximate surface area is 177 Å². The lowest BCUT2D eigenvalue weighted by Crippen LogP contribution is -2.44. The second-order valence-corrected chi connectivity index (χ2v) is 6.69. The van der Waals surface area contributed by atoms with Crippen molar-refractivity contribution in [2.75, 3.05) is 13.2 Å². The summed E-state index contributed by atoms with van der Waals surface area (Å²) >= 11 is 0. The Morgan fingerprint density at radius 1 is 0.871 bits per heavy atom. The van der Waals surface area contributed by atoms with Crippen LogP contribution in [0.4, 0.5) is 0 Å². The number of hydrogen-bond acceptors (Lipinski definition) is 6. The van der Waals surface area contributed by atoms with Crippen molar-refractivity contribution < 1.29 is 28.7 Å². The fourth-order valence-corrected chi connectivity index (χ4v) is 2.83. The Bertz CT molecular complexity index is 980. The Hall–Kier alpha value is -4.21. The highest BCUT2D eigenvalue weighted by Crippen LogP contribution is 2.17. The van der Waals surface area contributed by atoms with Crippen LogP contribution in [-0.4, -0.2) is 47.8 Å². The van der Waals surface area contributed by atoms with E-state index >= 15 is 0 Å². The number of carbonyl (C=O) groups is 5. The van der Waals surface area contributed by atoms with Crippen molar-refractivity contribution in [2.24, 2.45) is 5.92 Å². The molecular weight excluding hydrogens is 404 g/mol. The number of carbonyl (C=O) groups excluding carboxylic acids is 5. The summed E-state index contributed by atoms with van der Waals surface area (Å²) in [5, 5.41) is 1.06. The molecule has 0 spiro atoms. The van der Waals surface area contributed by atoms with Gasteiger partial charge in [-0.05, 0) is 24.3 Å². The van der Waals surface area contributed by atoms with Crippen molar-refractivity contribution in [3.8, 4) is 0 Å². The first-order valence-electron chi connectivity index (χ1n) is 9.41. The predicted octanol–water partition coefficient (Wildman–Crippen LogP) is 0.184. The molecule has 160 valence electrons. The summed E-state index contributed by atoms with van der Waals surface area (Å²) in [4.78, 5) is 60.1. The molecule has 1 aliphatic rings. The molecule has 3 N–H and O–H groups in total. The van der Waals surface area contributed by atoms with Crippen molar-refractivity contribution >= 4 is 29.6 Å². The van der Waals surface area contributed by atoms with E-state index in [9.17, 15) is 24.0 Å². The van der Waals surface area contributed by atoms with Crippen molar-refractivity contribution in [3.05, 3.63) is 71.8 Å². The van der Waals surface area contributed by atoms with Gasteiger partial charge in [-0.1, -0.05) is 36.4 Å². The number of hydrogen-bond donors (Lipinski definition) is 3. The maximum Gasteiger partial charge on any atom is 0.311 e. The van der Waals surface area contributed by atoms with Gasteiger partial charge in [0.2, 0.25) is 5.91 Å². The molecule has 0 aromatic heterocycles. The van der Waals surface area contributed by atoms with E-state index in [1.165, 1.54) is 0 Å². The molecule has 4 amide bonds. The first-order chi connectivity index (χ1) is 14.9. The first-order valence-corrected chi connectivity index (χ1v) is 9.41. The third-order valence-corrected chi connectivity index (χ3v) is 4.43. The SMILES string of the molecule is O=C(COC(=O)[C@@H]1CC(=O)N(NC(=O)c2ccccc2)C1)NNC(=O)c1ccccc1. The predicted molar refractivity (Wildman–Crippen MR) is 107 cm³/mol. The molecule has 2 aromatic rings. The summed E-state index contributed by atoms with van der Waals surface area (Å²) in [6.07, 6.45) is -0.153. The second kappa shape index (κ2) is 10.0. The van der Waals surface area contributed by atoms with Gasteiger partial charge in [0.15, 0.2) is 6.61 Å². The number of nitrogens with one attached hydrogen (secondary N) is 3. The zero-order valence-electron chi connectivity index (χ0n) is 16.4. The van der Waals surface area contributed by atoms with Gasteiger partial charge in [0.05, 0.1) is 12.5 Å². The lowest BCUT2D eigenvalue weighted by atomic mass is 10.1. The van der Waals surface area contributed by atoms with E-state index in [2.05, 4.69) is 16.3 Å². The summed E-state index contributed by atoms with van der Waals surface area (Å²) in [6, 6.07) is 16.6. The van der Waals surface area contributed by atoms with E-state index in [-0.39, 0.29) is 13.0 Å². The maximum absolute atomic E-state index is 12.2. The Kier molecular flexibility index (Phi) is 6.94. The summed E-state index contributed by atoms with van der Waals surface area (Å²) in [7, 11) is 0. The van der Waals surface area contributed by atoms with Crippen molar-refractivity contribution in [1.82, 2.24) is 21.3 Å². The van der Waals surface area contributed by atoms with Crippen LogP contribution in [0.5, 0.6) is 0 Å². The number of benzene rings is 2. The third-order valence-electron chi connectivity index (χ3n) is 4.43. The van der Waals surface area contributed by atoms with Gasteiger partial charge in [-0.25, -0.2) is 0 Å². The van der Waals surface area contributed by atoms with E-state index in [1.807, 2.05) is 0 Å². The fourth-order valence-electron chi connectivity index (χ4n) is 2.83. The Morgan fingerprint density at radius 2 is 1.45 bits per heavy atom. The number of amides is 4. The monoisotopic (exact) mass is 424 g/mol. The van der Waals surface area contributed by atoms with Gasteiger partial charge >= 0.3 is 5.97 Å². The maximum atomic E-state index is 12.2. The standard InChI is InChI=1S/C21H20N4O6/c26-17(22-23-19(28)14-7-3-1-4-8-14)13-31-21(30)16-11-18(27)25(12-16)24-20(29)15-9-5-2-6-10-15/h1-10,16H,11-13H2,(H,22,26)(H,23,28)(H,24,29)/t16-/m1/s1. The summed E-state index contributed by atoms with van der Waals surface area (Å²) in [6.45, 7) is -0.697. The lowest BCUT2D eigenvalue weighted by molar-refractivity contribution is -0.152. The molecule has 2 aromatic carbocycles. The van der Waals surface area contributed by atoms with Crippen LogP contribution >= 0.6 is 0 Å². The molecule has 31 heavy (non-hydrogen) atoms. The van der Waals surface area contributed by atoms with Crippen LogP contribution in [0.3, 0.4) is 0 Å². The van der Waals surface area contributed by atoms with Crippen LogP contribution in [0.2, 0.25) is 0 Å². The van der Waals surface area contributed by atoms with Gasteiger partial charge in [0.25, 0.3) is 17.7 Å². The van der Waals surface area contributed by atoms with Gasteiger partial charge < -0.3 is 4.74 Å². The van der Waals surface area contributed by atoms with E-state index < -0.39 is 42.1 Å². The average molecular weight is 424 g/mol.